The van der Waals surface area contributed by atoms with Crippen LogP contribution in [0.5, 0.6) is 0 Å². The number of hydrogen-bond donors (Lipinski definition) is 1. The van der Waals surface area contributed by atoms with Gasteiger partial charge in [0.25, 0.3) is 0 Å². The van der Waals surface area contributed by atoms with Gasteiger partial charge in [-0.25, -0.2) is 0 Å². The van der Waals surface area contributed by atoms with Crippen molar-refractivity contribution in [3.8, 4) is 0 Å². The Balaban J connectivity index is 2.87. The summed E-state index contributed by atoms with van der Waals surface area (Å²) in [6.07, 6.45) is 8.95. The number of aliphatic carboxylic acids is 1. The molecule has 0 rings (SSSR count). The lowest BCUT2D eigenvalue weighted by Gasteiger charge is -1.99. The second-order valence-corrected chi connectivity index (χ2v) is 3.41. The SMILES string of the molecule is [CH]CCCCCCCCCC(=O)O. The molecule has 76 valence electrons. The van der Waals surface area contributed by atoms with Crippen LogP contribution in [0.2, 0.25) is 0 Å². The molecule has 0 saturated heterocycles. The van der Waals surface area contributed by atoms with Crippen LogP contribution < -0.4 is 0 Å². The molecule has 0 aliphatic carbocycles. The van der Waals surface area contributed by atoms with Gasteiger partial charge >= 0.3 is 5.97 Å². The minimum absolute atomic E-state index is 0.322. The number of rotatable bonds is 9. The van der Waals surface area contributed by atoms with E-state index in [4.69, 9.17) is 12.0 Å². The summed E-state index contributed by atoms with van der Waals surface area (Å²) in [6.45, 7) is 5.36. The summed E-state index contributed by atoms with van der Waals surface area (Å²) < 4.78 is 0. The molecule has 2 nitrogen and oxygen atoms in total. The highest BCUT2D eigenvalue weighted by molar-refractivity contribution is 5.66. The number of hydrogen-bond acceptors (Lipinski definition) is 1. The van der Waals surface area contributed by atoms with Crippen LogP contribution in [0.3, 0.4) is 0 Å². The summed E-state index contributed by atoms with van der Waals surface area (Å²) in [5, 5.41) is 8.37. The average molecular weight is 184 g/mol. The summed E-state index contributed by atoms with van der Waals surface area (Å²) in [6, 6.07) is 0. The van der Waals surface area contributed by atoms with Crippen LogP contribution in [0, 0.1) is 6.92 Å². The first-order valence-electron chi connectivity index (χ1n) is 5.19. The van der Waals surface area contributed by atoms with Gasteiger partial charge in [0.2, 0.25) is 0 Å². The Bertz CT molecular complexity index is 121. The molecular formula is C11H20O2. The quantitative estimate of drug-likeness (QED) is 0.558. The second-order valence-electron chi connectivity index (χ2n) is 3.41. The first kappa shape index (κ1) is 12.5. The lowest BCUT2D eigenvalue weighted by molar-refractivity contribution is -0.137. The highest BCUT2D eigenvalue weighted by Gasteiger charge is 1.95. The third-order valence-corrected chi connectivity index (χ3v) is 2.09. The minimum atomic E-state index is -0.678. The minimum Gasteiger partial charge on any atom is -0.481 e. The van der Waals surface area contributed by atoms with Crippen LogP contribution in [0.4, 0.5) is 0 Å². The Labute approximate surface area is 81.3 Å². The van der Waals surface area contributed by atoms with Crippen LogP contribution in [0.25, 0.3) is 0 Å². The van der Waals surface area contributed by atoms with Gasteiger partial charge in [0, 0.05) is 6.42 Å². The van der Waals surface area contributed by atoms with E-state index in [2.05, 4.69) is 0 Å². The van der Waals surface area contributed by atoms with Gasteiger partial charge in [-0.2, -0.15) is 0 Å². The highest BCUT2D eigenvalue weighted by Crippen LogP contribution is 2.09. The molecule has 0 unspecified atom stereocenters. The molecule has 2 heteroatoms. The molecule has 0 aromatic heterocycles. The third kappa shape index (κ3) is 11.5. The Morgan fingerprint density at radius 1 is 0.923 bits per heavy atom. The maximum Gasteiger partial charge on any atom is 0.303 e. The molecule has 0 atom stereocenters. The first-order chi connectivity index (χ1) is 6.27. The summed E-state index contributed by atoms with van der Waals surface area (Å²) in [7, 11) is 0. The van der Waals surface area contributed by atoms with Crippen molar-refractivity contribution in [3.05, 3.63) is 6.92 Å². The van der Waals surface area contributed by atoms with Crippen LogP contribution in [-0.2, 0) is 4.79 Å². The molecule has 0 spiro atoms. The fourth-order valence-corrected chi connectivity index (χ4v) is 1.30. The molecule has 0 amide bonds. The number of carboxylic acids is 1. The Hall–Kier alpha value is -0.530. The molecule has 0 aromatic rings. The van der Waals surface area contributed by atoms with E-state index >= 15 is 0 Å². The van der Waals surface area contributed by atoms with Gasteiger partial charge in [-0.3, -0.25) is 4.79 Å². The van der Waals surface area contributed by atoms with E-state index in [1.54, 1.807) is 0 Å². The topological polar surface area (TPSA) is 37.3 Å². The maximum absolute atomic E-state index is 10.2. The van der Waals surface area contributed by atoms with Gasteiger partial charge in [0.15, 0.2) is 0 Å². The van der Waals surface area contributed by atoms with Crippen molar-refractivity contribution < 1.29 is 9.90 Å². The van der Waals surface area contributed by atoms with Crippen LogP contribution in [0.15, 0.2) is 0 Å². The largest absolute Gasteiger partial charge is 0.481 e. The molecule has 0 bridgehead atoms. The molecule has 0 fully saturated rings. The predicted molar refractivity (Wildman–Crippen MR) is 53.5 cm³/mol. The fraction of sp³-hybridized carbons (Fsp3) is 0.818. The van der Waals surface area contributed by atoms with Crippen molar-refractivity contribution in [1.82, 2.24) is 0 Å². The number of carbonyl (C=O) groups is 1. The van der Waals surface area contributed by atoms with Crippen molar-refractivity contribution >= 4 is 5.97 Å². The van der Waals surface area contributed by atoms with Gasteiger partial charge in [-0.1, -0.05) is 38.5 Å². The zero-order valence-electron chi connectivity index (χ0n) is 8.30. The molecular weight excluding hydrogens is 164 g/mol. The standard InChI is InChI=1S/C11H20O2/c1-2-3-4-5-6-7-8-9-10-11(12)13/h1H,2-10H2,(H,12,13). The maximum atomic E-state index is 10.2. The monoisotopic (exact) mass is 184 g/mol. The first-order valence-corrected chi connectivity index (χ1v) is 5.19. The van der Waals surface area contributed by atoms with Crippen LogP contribution in [0.1, 0.15) is 57.8 Å². The molecule has 0 saturated carbocycles. The van der Waals surface area contributed by atoms with Gasteiger partial charge in [-0.15, -0.1) is 0 Å². The van der Waals surface area contributed by atoms with Crippen LogP contribution >= 0.6 is 0 Å². The molecule has 13 heavy (non-hydrogen) atoms. The molecule has 0 aliphatic heterocycles. The van der Waals surface area contributed by atoms with Crippen LogP contribution in [-0.4, -0.2) is 11.1 Å². The van der Waals surface area contributed by atoms with E-state index in [1.165, 1.54) is 19.3 Å². The highest BCUT2D eigenvalue weighted by atomic mass is 16.4. The molecule has 0 heterocycles. The van der Waals surface area contributed by atoms with E-state index in [0.29, 0.717) is 6.42 Å². The van der Waals surface area contributed by atoms with E-state index in [9.17, 15) is 4.79 Å². The lowest BCUT2D eigenvalue weighted by atomic mass is 10.1. The predicted octanol–water partition coefficient (Wildman–Crippen LogP) is 3.29. The zero-order valence-corrected chi connectivity index (χ0v) is 8.30. The number of unbranched alkanes of at least 4 members (excludes halogenated alkanes) is 7. The zero-order chi connectivity index (χ0) is 9.94. The van der Waals surface area contributed by atoms with E-state index < -0.39 is 5.97 Å². The fourth-order valence-electron chi connectivity index (χ4n) is 1.30. The molecule has 0 aromatic carbocycles. The third-order valence-electron chi connectivity index (χ3n) is 2.09. The van der Waals surface area contributed by atoms with Crippen molar-refractivity contribution in [2.75, 3.05) is 0 Å². The van der Waals surface area contributed by atoms with Gasteiger partial charge < -0.3 is 5.11 Å². The lowest BCUT2D eigenvalue weighted by Crippen LogP contribution is -1.93. The van der Waals surface area contributed by atoms with E-state index in [-0.39, 0.29) is 0 Å². The van der Waals surface area contributed by atoms with Gasteiger partial charge in [-0.05, 0) is 19.8 Å². The van der Waals surface area contributed by atoms with Gasteiger partial charge in [0.05, 0.1) is 0 Å². The number of carboxylic acid groups (broad SMARTS) is 1. The van der Waals surface area contributed by atoms with E-state index in [1.807, 2.05) is 0 Å². The summed E-state index contributed by atoms with van der Waals surface area (Å²) >= 11 is 0. The summed E-state index contributed by atoms with van der Waals surface area (Å²) in [5.74, 6) is -0.678. The van der Waals surface area contributed by atoms with Gasteiger partial charge in [0.1, 0.15) is 0 Å². The van der Waals surface area contributed by atoms with Crippen molar-refractivity contribution in [2.45, 2.75) is 57.8 Å². The Kier molecular flexibility index (Phi) is 9.17. The normalized spacial score (nSPS) is 10.2. The smallest absolute Gasteiger partial charge is 0.303 e. The second kappa shape index (κ2) is 9.56. The Morgan fingerprint density at radius 3 is 1.85 bits per heavy atom. The Morgan fingerprint density at radius 2 is 1.38 bits per heavy atom. The van der Waals surface area contributed by atoms with Crippen molar-refractivity contribution in [3.63, 3.8) is 0 Å². The molecule has 1 N–H and O–H groups in total. The van der Waals surface area contributed by atoms with E-state index in [0.717, 1.165) is 32.1 Å². The molecule has 0 aliphatic rings. The van der Waals surface area contributed by atoms with Crippen molar-refractivity contribution in [2.24, 2.45) is 0 Å². The summed E-state index contributed by atoms with van der Waals surface area (Å²) in [5.41, 5.74) is 0. The van der Waals surface area contributed by atoms with Crippen molar-refractivity contribution in [1.29, 1.82) is 0 Å². The summed E-state index contributed by atoms with van der Waals surface area (Å²) in [4.78, 5) is 10.2. The molecule has 2 radical (unpaired) electrons. The average Bonchev–Trinajstić information content (AvgIpc) is 2.09.